The first-order valence-electron chi connectivity index (χ1n) is 8.68. The zero-order chi connectivity index (χ0) is 21.7. The molecule has 0 unspecified atom stereocenters. The molecular formula is C21H15F3N2O2S2. The Hall–Kier alpha value is -2.91. The van der Waals surface area contributed by atoms with E-state index in [1.165, 1.54) is 12.1 Å². The van der Waals surface area contributed by atoms with E-state index in [2.05, 4.69) is 5.32 Å². The molecule has 2 aromatic rings. The average molecular weight is 448 g/mol. The highest BCUT2D eigenvalue weighted by molar-refractivity contribution is 8.26. The van der Waals surface area contributed by atoms with Gasteiger partial charge in [-0.05, 0) is 29.8 Å². The average Bonchev–Trinajstić information content (AvgIpc) is 2.96. The third-order valence-corrected chi connectivity index (χ3v) is 5.38. The van der Waals surface area contributed by atoms with E-state index in [4.69, 9.17) is 12.2 Å². The number of benzene rings is 2. The molecule has 0 radical (unpaired) electrons. The number of halogens is 3. The molecule has 1 saturated heterocycles. The number of amides is 2. The predicted molar refractivity (Wildman–Crippen MR) is 116 cm³/mol. The monoisotopic (exact) mass is 448 g/mol. The second kappa shape index (κ2) is 9.27. The SMILES string of the molecule is O=C(CN1C(=O)/C(=C/C=C/c2ccccc2)SC1=S)Nc1cccc(C(F)(F)F)c1. The van der Waals surface area contributed by atoms with Crippen LogP contribution in [-0.4, -0.2) is 27.6 Å². The molecule has 4 nitrogen and oxygen atoms in total. The van der Waals surface area contributed by atoms with Gasteiger partial charge in [0.05, 0.1) is 10.5 Å². The predicted octanol–water partition coefficient (Wildman–Crippen LogP) is 5.10. The Balaban J connectivity index is 1.63. The van der Waals surface area contributed by atoms with Crippen molar-refractivity contribution in [3.05, 3.63) is 82.8 Å². The molecule has 0 aromatic heterocycles. The van der Waals surface area contributed by atoms with Crippen molar-refractivity contribution in [3.63, 3.8) is 0 Å². The first kappa shape index (κ1) is 21.8. The van der Waals surface area contributed by atoms with Gasteiger partial charge in [0, 0.05) is 5.69 Å². The molecule has 30 heavy (non-hydrogen) atoms. The lowest BCUT2D eigenvalue weighted by Crippen LogP contribution is -2.36. The Labute approximate surface area is 180 Å². The first-order valence-corrected chi connectivity index (χ1v) is 9.91. The highest BCUT2D eigenvalue weighted by atomic mass is 32.2. The normalized spacial score (nSPS) is 16.0. The summed E-state index contributed by atoms with van der Waals surface area (Å²) in [7, 11) is 0. The Morgan fingerprint density at radius 2 is 1.87 bits per heavy atom. The largest absolute Gasteiger partial charge is 0.416 e. The molecule has 9 heteroatoms. The Bertz CT molecular complexity index is 1030. The molecule has 154 valence electrons. The van der Waals surface area contributed by atoms with E-state index in [9.17, 15) is 22.8 Å². The maximum atomic E-state index is 12.8. The Morgan fingerprint density at radius 1 is 1.13 bits per heavy atom. The number of thiocarbonyl (C=S) groups is 1. The molecule has 1 fully saturated rings. The summed E-state index contributed by atoms with van der Waals surface area (Å²) in [4.78, 5) is 26.2. The van der Waals surface area contributed by atoms with Crippen molar-refractivity contribution < 1.29 is 22.8 Å². The second-order valence-electron chi connectivity index (χ2n) is 6.19. The maximum absolute atomic E-state index is 12.8. The smallest absolute Gasteiger partial charge is 0.325 e. The molecule has 3 rings (SSSR count). The number of thioether (sulfide) groups is 1. The van der Waals surface area contributed by atoms with Crippen molar-refractivity contribution in [2.24, 2.45) is 0 Å². The minimum atomic E-state index is -4.52. The maximum Gasteiger partial charge on any atom is 0.416 e. The highest BCUT2D eigenvalue weighted by Crippen LogP contribution is 2.32. The zero-order valence-corrected chi connectivity index (χ0v) is 17.0. The van der Waals surface area contributed by atoms with E-state index in [0.717, 1.165) is 34.4 Å². The van der Waals surface area contributed by atoms with Crippen molar-refractivity contribution in [2.45, 2.75) is 6.18 Å². The molecule has 0 aliphatic carbocycles. The van der Waals surface area contributed by atoms with Crippen LogP contribution < -0.4 is 5.32 Å². The number of allylic oxidation sites excluding steroid dienone is 2. The number of nitrogens with one attached hydrogen (secondary N) is 1. The Kier molecular flexibility index (Phi) is 6.73. The lowest BCUT2D eigenvalue weighted by molar-refractivity contribution is -0.137. The van der Waals surface area contributed by atoms with Crippen LogP contribution in [-0.2, 0) is 15.8 Å². The van der Waals surface area contributed by atoms with Crippen molar-refractivity contribution in [2.75, 3.05) is 11.9 Å². The van der Waals surface area contributed by atoms with Gasteiger partial charge in [0.15, 0.2) is 0 Å². The van der Waals surface area contributed by atoms with E-state index >= 15 is 0 Å². The number of alkyl halides is 3. The fourth-order valence-corrected chi connectivity index (χ4v) is 3.79. The van der Waals surface area contributed by atoms with Gasteiger partial charge in [-0.25, -0.2) is 0 Å². The fraction of sp³-hybridized carbons (Fsp3) is 0.0952. The number of hydrogen-bond acceptors (Lipinski definition) is 4. The van der Waals surface area contributed by atoms with E-state index in [0.29, 0.717) is 4.91 Å². The lowest BCUT2D eigenvalue weighted by atomic mass is 10.2. The molecule has 1 aliphatic rings. The molecule has 2 amide bonds. The van der Waals surface area contributed by atoms with Gasteiger partial charge in [-0.2, -0.15) is 13.2 Å². The standard InChI is InChI=1S/C21H15F3N2O2S2/c22-21(23,24)15-9-5-10-16(12-15)25-18(27)13-26-19(28)17(30-20(26)29)11-4-8-14-6-2-1-3-7-14/h1-12H,13H2,(H,25,27)/b8-4+,17-11-. The molecule has 1 aliphatic heterocycles. The van der Waals surface area contributed by atoms with Crippen molar-refractivity contribution in [1.29, 1.82) is 0 Å². The summed E-state index contributed by atoms with van der Waals surface area (Å²) in [6.45, 7) is -0.388. The number of anilines is 1. The molecule has 2 aromatic carbocycles. The van der Waals surface area contributed by atoms with Gasteiger partial charge < -0.3 is 5.32 Å². The van der Waals surface area contributed by atoms with Crippen LogP contribution in [0.2, 0.25) is 0 Å². The Morgan fingerprint density at radius 3 is 2.57 bits per heavy atom. The minimum absolute atomic E-state index is 0.0124. The van der Waals surface area contributed by atoms with Crippen LogP contribution in [0.5, 0.6) is 0 Å². The summed E-state index contributed by atoms with van der Waals surface area (Å²) in [6.07, 6.45) is 0.630. The zero-order valence-electron chi connectivity index (χ0n) is 15.3. The summed E-state index contributed by atoms with van der Waals surface area (Å²) in [5, 5.41) is 2.37. The lowest BCUT2D eigenvalue weighted by Gasteiger charge is -2.15. The molecule has 0 spiro atoms. The highest BCUT2D eigenvalue weighted by Gasteiger charge is 2.33. The van der Waals surface area contributed by atoms with Crippen LogP contribution in [0.3, 0.4) is 0 Å². The minimum Gasteiger partial charge on any atom is -0.325 e. The van der Waals surface area contributed by atoms with E-state index in [-0.39, 0.29) is 16.6 Å². The van der Waals surface area contributed by atoms with Crippen molar-refractivity contribution in [3.8, 4) is 0 Å². The molecule has 1 heterocycles. The molecular weight excluding hydrogens is 433 g/mol. The van der Waals surface area contributed by atoms with Gasteiger partial charge in [0.2, 0.25) is 5.91 Å². The summed E-state index contributed by atoms with van der Waals surface area (Å²) in [5.41, 5.74) is 0.0744. The van der Waals surface area contributed by atoms with Crippen molar-refractivity contribution in [1.82, 2.24) is 4.90 Å². The van der Waals surface area contributed by atoms with Crippen LogP contribution in [0, 0.1) is 0 Å². The number of carbonyl (C=O) groups excluding carboxylic acids is 2. The number of carbonyl (C=O) groups is 2. The van der Waals surface area contributed by atoms with E-state index < -0.39 is 23.6 Å². The molecule has 0 saturated carbocycles. The van der Waals surface area contributed by atoms with Crippen molar-refractivity contribution >= 4 is 51.9 Å². The molecule has 0 bridgehead atoms. The van der Waals surface area contributed by atoms with Gasteiger partial charge in [0.1, 0.15) is 10.9 Å². The van der Waals surface area contributed by atoms with Crippen LogP contribution in [0.15, 0.2) is 71.7 Å². The van der Waals surface area contributed by atoms with Gasteiger partial charge >= 0.3 is 6.18 Å². The van der Waals surface area contributed by atoms with E-state index in [1.807, 2.05) is 36.4 Å². The van der Waals surface area contributed by atoms with Gasteiger partial charge in [-0.15, -0.1) is 0 Å². The number of hydrogen-bond donors (Lipinski definition) is 1. The summed E-state index contributed by atoms with van der Waals surface area (Å²) < 4.78 is 38.6. The summed E-state index contributed by atoms with van der Waals surface area (Å²) in [5.74, 6) is -1.08. The van der Waals surface area contributed by atoms with Gasteiger partial charge in [-0.3, -0.25) is 14.5 Å². The molecule has 0 atom stereocenters. The topological polar surface area (TPSA) is 49.4 Å². The number of rotatable bonds is 5. The quantitative estimate of drug-likeness (QED) is 0.511. The first-order chi connectivity index (χ1) is 14.2. The third kappa shape index (κ3) is 5.58. The summed E-state index contributed by atoms with van der Waals surface area (Å²) >= 11 is 6.23. The summed E-state index contributed by atoms with van der Waals surface area (Å²) in [6, 6.07) is 13.8. The van der Waals surface area contributed by atoms with Gasteiger partial charge in [-0.1, -0.05) is 72.5 Å². The second-order valence-corrected chi connectivity index (χ2v) is 7.86. The van der Waals surface area contributed by atoms with Crippen LogP contribution in [0.4, 0.5) is 18.9 Å². The molecule has 1 N–H and O–H groups in total. The van der Waals surface area contributed by atoms with E-state index in [1.54, 1.807) is 12.2 Å². The fourth-order valence-electron chi connectivity index (χ4n) is 2.58. The van der Waals surface area contributed by atoms with Crippen LogP contribution in [0.1, 0.15) is 11.1 Å². The number of nitrogens with zero attached hydrogens (tertiary/aromatic N) is 1. The third-order valence-electron chi connectivity index (χ3n) is 3.98. The van der Waals surface area contributed by atoms with Gasteiger partial charge in [0.25, 0.3) is 5.91 Å². The van der Waals surface area contributed by atoms with Crippen LogP contribution in [0.25, 0.3) is 6.08 Å². The van der Waals surface area contributed by atoms with Crippen LogP contribution >= 0.6 is 24.0 Å².